The number of carbonyl (C=O) groups is 1. The molecular formula is C19H29N3O3S. The van der Waals surface area contributed by atoms with Gasteiger partial charge in [0.2, 0.25) is 15.9 Å². The standard InChI is InChI=1S/C19H29N3O3S/c1-14(16-5-4-9-20-13-16)11-19(23)22-10-8-15-6-7-17(12-18(15)22)26(24,25)21(2)3/h6-7,12,14,16,20H,4-5,8-11,13H2,1-3H3. The van der Waals surface area contributed by atoms with Crippen molar-refractivity contribution in [2.75, 3.05) is 38.6 Å². The van der Waals surface area contributed by atoms with Crippen molar-refractivity contribution in [3.8, 4) is 0 Å². The maximum absolute atomic E-state index is 12.9. The monoisotopic (exact) mass is 379 g/mol. The Labute approximate surface area is 156 Å². The molecule has 2 aliphatic rings. The molecule has 6 nitrogen and oxygen atoms in total. The fourth-order valence-corrected chi connectivity index (χ4v) is 4.83. The van der Waals surface area contributed by atoms with Gasteiger partial charge >= 0.3 is 0 Å². The van der Waals surface area contributed by atoms with Crippen molar-refractivity contribution in [2.45, 2.75) is 37.5 Å². The van der Waals surface area contributed by atoms with Crippen molar-refractivity contribution in [3.05, 3.63) is 23.8 Å². The van der Waals surface area contributed by atoms with Gasteiger partial charge in [-0.3, -0.25) is 4.79 Å². The SMILES string of the molecule is CC(CC(=O)N1CCc2ccc(S(=O)(=O)N(C)C)cc21)C1CCCNC1. The molecular weight excluding hydrogens is 350 g/mol. The van der Waals surface area contributed by atoms with E-state index < -0.39 is 10.0 Å². The number of sulfonamides is 1. The molecule has 144 valence electrons. The first kappa shape index (κ1) is 19.3. The first-order valence-electron chi connectivity index (χ1n) is 9.37. The second-order valence-corrected chi connectivity index (χ2v) is 9.81. The van der Waals surface area contributed by atoms with Crippen LogP contribution in [-0.2, 0) is 21.2 Å². The third kappa shape index (κ3) is 3.80. The Morgan fingerprint density at radius 3 is 2.81 bits per heavy atom. The summed E-state index contributed by atoms with van der Waals surface area (Å²) in [7, 11) is -0.462. The average Bonchev–Trinajstić information content (AvgIpc) is 3.05. The van der Waals surface area contributed by atoms with Crippen molar-refractivity contribution in [1.29, 1.82) is 0 Å². The van der Waals surface area contributed by atoms with E-state index in [0.29, 0.717) is 24.8 Å². The Hall–Kier alpha value is -1.44. The number of carbonyl (C=O) groups excluding carboxylic acids is 1. The van der Waals surface area contributed by atoms with E-state index in [0.717, 1.165) is 30.8 Å². The first-order chi connectivity index (χ1) is 12.3. The number of amides is 1. The number of nitrogens with zero attached hydrogens (tertiary/aromatic N) is 2. The largest absolute Gasteiger partial charge is 0.316 e. The summed E-state index contributed by atoms with van der Waals surface area (Å²) in [6.45, 7) is 4.84. The zero-order valence-electron chi connectivity index (χ0n) is 15.9. The highest BCUT2D eigenvalue weighted by molar-refractivity contribution is 7.89. The number of rotatable bonds is 5. The van der Waals surface area contributed by atoms with Gasteiger partial charge in [0.05, 0.1) is 4.90 Å². The van der Waals surface area contributed by atoms with E-state index in [1.54, 1.807) is 17.0 Å². The minimum absolute atomic E-state index is 0.0984. The van der Waals surface area contributed by atoms with Gasteiger partial charge in [0.15, 0.2) is 0 Å². The molecule has 0 aliphatic carbocycles. The van der Waals surface area contributed by atoms with Crippen molar-refractivity contribution >= 4 is 21.6 Å². The lowest BCUT2D eigenvalue weighted by molar-refractivity contribution is -0.119. The lowest BCUT2D eigenvalue weighted by Gasteiger charge is -2.29. The van der Waals surface area contributed by atoms with E-state index in [1.807, 2.05) is 6.07 Å². The molecule has 0 aromatic heterocycles. The van der Waals surface area contributed by atoms with E-state index in [2.05, 4.69) is 12.2 Å². The number of hydrogen-bond donors (Lipinski definition) is 1. The van der Waals surface area contributed by atoms with Gasteiger partial charge < -0.3 is 10.2 Å². The molecule has 1 N–H and O–H groups in total. The predicted molar refractivity (Wildman–Crippen MR) is 103 cm³/mol. The number of benzene rings is 1. The molecule has 0 saturated carbocycles. The van der Waals surface area contributed by atoms with Crippen LogP contribution >= 0.6 is 0 Å². The van der Waals surface area contributed by atoms with Crippen LogP contribution in [0.5, 0.6) is 0 Å². The summed E-state index contributed by atoms with van der Waals surface area (Å²) in [5.41, 5.74) is 1.80. The number of nitrogens with one attached hydrogen (secondary N) is 1. The molecule has 2 heterocycles. The molecule has 1 saturated heterocycles. The average molecular weight is 380 g/mol. The Kier molecular flexibility index (Phi) is 5.69. The zero-order valence-corrected chi connectivity index (χ0v) is 16.7. The van der Waals surface area contributed by atoms with Crippen LogP contribution in [0.2, 0.25) is 0 Å². The summed E-state index contributed by atoms with van der Waals surface area (Å²) in [4.78, 5) is 14.9. The van der Waals surface area contributed by atoms with Gasteiger partial charge in [-0.25, -0.2) is 12.7 Å². The number of anilines is 1. The molecule has 2 aliphatic heterocycles. The summed E-state index contributed by atoms with van der Waals surface area (Å²) >= 11 is 0. The van der Waals surface area contributed by atoms with Crippen LogP contribution < -0.4 is 10.2 Å². The third-order valence-electron chi connectivity index (χ3n) is 5.67. The normalized spacial score (nSPS) is 21.7. The van der Waals surface area contributed by atoms with Gasteiger partial charge in [-0.05, 0) is 61.9 Å². The fraction of sp³-hybridized carbons (Fsp3) is 0.632. The van der Waals surface area contributed by atoms with Gasteiger partial charge in [0, 0.05) is 32.7 Å². The van der Waals surface area contributed by atoms with Crippen LogP contribution in [0.3, 0.4) is 0 Å². The van der Waals surface area contributed by atoms with Gasteiger partial charge in [-0.15, -0.1) is 0 Å². The van der Waals surface area contributed by atoms with Crippen molar-refractivity contribution in [1.82, 2.24) is 9.62 Å². The number of fused-ring (bicyclic) bond motifs is 1. The van der Waals surface area contributed by atoms with E-state index in [4.69, 9.17) is 0 Å². The Morgan fingerprint density at radius 2 is 2.15 bits per heavy atom. The Balaban J connectivity index is 1.76. The van der Waals surface area contributed by atoms with Crippen LogP contribution in [0.15, 0.2) is 23.1 Å². The second-order valence-electron chi connectivity index (χ2n) is 7.66. The summed E-state index contributed by atoms with van der Waals surface area (Å²) in [6, 6.07) is 5.13. The van der Waals surface area contributed by atoms with E-state index in [9.17, 15) is 13.2 Å². The minimum Gasteiger partial charge on any atom is -0.316 e. The van der Waals surface area contributed by atoms with Gasteiger partial charge in [0.1, 0.15) is 0 Å². The van der Waals surface area contributed by atoms with Crippen LogP contribution in [0, 0.1) is 11.8 Å². The second kappa shape index (κ2) is 7.66. The molecule has 1 amide bonds. The molecule has 2 atom stereocenters. The molecule has 1 aromatic rings. The van der Waals surface area contributed by atoms with Crippen molar-refractivity contribution in [2.24, 2.45) is 11.8 Å². The molecule has 0 bridgehead atoms. The van der Waals surface area contributed by atoms with E-state index in [-0.39, 0.29) is 10.8 Å². The summed E-state index contributed by atoms with van der Waals surface area (Å²) in [5.74, 6) is 0.962. The Morgan fingerprint density at radius 1 is 1.38 bits per heavy atom. The highest BCUT2D eigenvalue weighted by Gasteiger charge is 2.30. The predicted octanol–water partition coefficient (Wildman–Crippen LogP) is 1.85. The third-order valence-corrected chi connectivity index (χ3v) is 7.48. The minimum atomic E-state index is -3.50. The highest BCUT2D eigenvalue weighted by Crippen LogP contribution is 2.33. The number of hydrogen-bond acceptors (Lipinski definition) is 4. The van der Waals surface area contributed by atoms with E-state index >= 15 is 0 Å². The molecule has 7 heteroatoms. The van der Waals surface area contributed by atoms with E-state index in [1.165, 1.54) is 31.2 Å². The van der Waals surface area contributed by atoms with Crippen LogP contribution in [-0.4, -0.2) is 52.4 Å². The molecule has 2 unspecified atom stereocenters. The molecule has 3 rings (SSSR count). The van der Waals surface area contributed by atoms with Gasteiger partial charge in [-0.2, -0.15) is 0 Å². The van der Waals surface area contributed by atoms with Crippen LogP contribution in [0.25, 0.3) is 0 Å². The Bertz CT molecular complexity index is 770. The number of piperidine rings is 1. The van der Waals surface area contributed by atoms with Crippen molar-refractivity contribution < 1.29 is 13.2 Å². The molecule has 1 fully saturated rings. The topological polar surface area (TPSA) is 69.7 Å². The zero-order chi connectivity index (χ0) is 18.9. The first-order valence-corrected chi connectivity index (χ1v) is 10.8. The summed E-state index contributed by atoms with van der Waals surface area (Å²) < 4.78 is 26.0. The molecule has 0 radical (unpaired) electrons. The molecule has 1 aromatic carbocycles. The maximum atomic E-state index is 12.9. The fourth-order valence-electron chi connectivity index (χ4n) is 3.91. The van der Waals surface area contributed by atoms with Crippen LogP contribution in [0.1, 0.15) is 31.7 Å². The van der Waals surface area contributed by atoms with Crippen LogP contribution in [0.4, 0.5) is 5.69 Å². The summed E-state index contributed by atoms with van der Waals surface area (Å²) in [6.07, 6.45) is 3.63. The molecule has 26 heavy (non-hydrogen) atoms. The summed E-state index contributed by atoms with van der Waals surface area (Å²) in [5, 5.41) is 3.41. The molecule has 0 spiro atoms. The highest BCUT2D eigenvalue weighted by atomic mass is 32.2. The van der Waals surface area contributed by atoms with Gasteiger partial charge in [-0.1, -0.05) is 13.0 Å². The lowest BCUT2D eigenvalue weighted by Crippen LogP contribution is -2.36. The quantitative estimate of drug-likeness (QED) is 0.848. The van der Waals surface area contributed by atoms with Crippen molar-refractivity contribution in [3.63, 3.8) is 0 Å². The van der Waals surface area contributed by atoms with Gasteiger partial charge in [0.25, 0.3) is 0 Å². The smallest absolute Gasteiger partial charge is 0.242 e. The lowest BCUT2D eigenvalue weighted by atomic mass is 9.85. The maximum Gasteiger partial charge on any atom is 0.242 e.